The van der Waals surface area contributed by atoms with Crippen LogP contribution in [-0.2, 0) is 0 Å². The highest BCUT2D eigenvalue weighted by Crippen LogP contribution is 2.31. The third-order valence-electron chi connectivity index (χ3n) is 3.34. The molecule has 0 bridgehead atoms. The summed E-state index contributed by atoms with van der Waals surface area (Å²) in [6.07, 6.45) is 3.28. The minimum Gasteiger partial charge on any atom is -0.490 e. The number of fused-ring (bicyclic) bond motifs is 1. The Bertz CT molecular complexity index is 795. The normalized spacial score (nSPS) is 11.2. The molecule has 0 aliphatic heterocycles. The number of carbonyl (C=O) groups is 1. The van der Waals surface area contributed by atoms with Gasteiger partial charge in [-0.15, -0.1) is 0 Å². The first-order chi connectivity index (χ1) is 10.1. The monoisotopic (exact) mass is 283 g/mol. The summed E-state index contributed by atoms with van der Waals surface area (Å²) in [7, 11) is 0. The summed E-state index contributed by atoms with van der Waals surface area (Å²) in [5, 5.41) is 0.798. The van der Waals surface area contributed by atoms with Crippen molar-refractivity contribution in [1.82, 2.24) is 4.98 Å². The molecule has 2 heterocycles. The number of rotatable bonds is 4. The lowest BCUT2D eigenvalue weighted by molar-refractivity contribution is 0.101. The molecule has 1 aromatic carbocycles. The van der Waals surface area contributed by atoms with Crippen molar-refractivity contribution >= 4 is 16.7 Å². The summed E-state index contributed by atoms with van der Waals surface area (Å²) >= 11 is 0. The van der Waals surface area contributed by atoms with E-state index in [1.54, 1.807) is 12.3 Å². The van der Waals surface area contributed by atoms with Gasteiger partial charge in [0.25, 0.3) is 0 Å². The lowest BCUT2D eigenvalue weighted by Gasteiger charge is -2.11. The maximum Gasteiger partial charge on any atom is 0.230 e. The first kappa shape index (κ1) is 13.5. The Morgan fingerprint density at radius 3 is 2.76 bits per heavy atom. The predicted molar refractivity (Wildman–Crippen MR) is 80.9 cm³/mol. The number of hydrogen-bond donors (Lipinski definition) is 1. The van der Waals surface area contributed by atoms with E-state index in [2.05, 4.69) is 4.98 Å². The lowest BCUT2D eigenvalue weighted by atomic mass is 10.0. The smallest absolute Gasteiger partial charge is 0.230 e. The van der Waals surface area contributed by atoms with E-state index in [4.69, 9.17) is 9.15 Å². The van der Waals surface area contributed by atoms with Crippen LogP contribution in [0, 0.1) is 6.92 Å². The van der Waals surface area contributed by atoms with E-state index in [1.165, 1.54) is 6.26 Å². The number of furan rings is 1. The molecule has 4 nitrogen and oxygen atoms in total. The van der Waals surface area contributed by atoms with Crippen molar-refractivity contribution < 1.29 is 13.9 Å². The number of nitrogens with one attached hydrogen (secondary N) is 1. The molecule has 1 N–H and O–H groups in total. The highest BCUT2D eigenvalue weighted by atomic mass is 16.5. The Kier molecular flexibility index (Phi) is 3.29. The predicted octanol–water partition coefficient (Wildman–Crippen LogP) is 4.09. The molecule has 0 spiro atoms. The summed E-state index contributed by atoms with van der Waals surface area (Å²) in [6, 6.07) is 7.49. The summed E-state index contributed by atoms with van der Waals surface area (Å²) in [4.78, 5) is 15.8. The summed E-state index contributed by atoms with van der Waals surface area (Å²) in [5.41, 5.74) is 2.27. The van der Waals surface area contributed by atoms with Crippen molar-refractivity contribution in [2.45, 2.75) is 26.9 Å². The van der Waals surface area contributed by atoms with E-state index in [-0.39, 0.29) is 11.9 Å². The van der Waals surface area contributed by atoms with Gasteiger partial charge < -0.3 is 14.1 Å². The Morgan fingerprint density at radius 2 is 2.10 bits per heavy atom. The van der Waals surface area contributed by atoms with Gasteiger partial charge in [0, 0.05) is 11.7 Å². The van der Waals surface area contributed by atoms with Crippen molar-refractivity contribution in [3.63, 3.8) is 0 Å². The number of ketones is 1. The molecule has 0 aliphatic rings. The first-order valence-corrected chi connectivity index (χ1v) is 6.93. The molecule has 3 rings (SSSR count). The van der Waals surface area contributed by atoms with Crippen molar-refractivity contribution in [2.24, 2.45) is 0 Å². The van der Waals surface area contributed by atoms with E-state index in [9.17, 15) is 4.79 Å². The van der Waals surface area contributed by atoms with E-state index in [1.807, 2.05) is 39.0 Å². The highest BCUT2D eigenvalue weighted by Gasteiger charge is 2.21. The molecule has 3 aromatic rings. The molecule has 21 heavy (non-hydrogen) atoms. The van der Waals surface area contributed by atoms with Gasteiger partial charge in [0.1, 0.15) is 5.75 Å². The fourth-order valence-electron chi connectivity index (χ4n) is 2.41. The minimum absolute atomic E-state index is 0.0406. The van der Waals surface area contributed by atoms with Crippen molar-refractivity contribution in [2.75, 3.05) is 0 Å². The van der Waals surface area contributed by atoms with Crippen molar-refractivity contribution in [3.05, 3.63) is 53.6 Å². The SMILES string of the molecule is Cc1ccoc1C(=O)c1c[nH]c2cccc(OC(C)C)c12. The third-order valence-corrected chi connectivity index (χ3v) is 3.34. The molecule has 0 radical (unpaired) electrons. The number of aromatic amines is 1. The highest BCUT2D eigenvalue weighted by molar-refractivity contribution is 6.16. The van der Waals surface area contributed by atoms with Gasteiger partial charge in [-0.1, -0.05) is 6.07 Å². The van der Waals surface area contributed by atoms with Crippen LogP contribution in [0.4, 0.5) is 0 Å². The van der Waals surface area contributed by atoms with Crippen LogP contribution in [0.1, 0.15) is 35.5 Å². The number of aromatic nitrogens is 1. The number of carbonyl (C=O) groups excluding carboxylic acids is 1. The van der Waals surface area contributed by atoms with Gasteiger partial charge >= 0.3 is 0 Å². The maximum atomic E-state index is 12.7. The van der Waals surface area contributed by atoms with Crippen LogP contribution in [0.2, 0.25) is 0 Å². The largest absolute Gasteiger partial charge is 0.490 e. The molecular formula is C17H17NO3. The maximum absolute atomic E-state index is 12.7. The lowest BCUT2D eigenvalue weighted by Crippen LogP contribution is -2.07. The van der Waals surface area contributed by atoms with Crippen molar-refractivity contribution in [1.29, 1.82) is 0 Å². The average molecular weight is 283 g/mol. The molecule has 0 fully saturated rings. The van der Waals surface area contributed by atoms with Crippen LogP contribution in [0.3, 0.4) is 0 Å². The number of ether oxygens (including phenoxy) is 1. The Morgan fingerprint density at radius 1 is 1.29 bits per heavy atom. The van der Waals surface area contributed by atoms with Crippen LogP contribution in [0.15, 0.2) is 41.1 Å². The number of benzene rings is 1. The number of H-pyrrole nitrogens is 1. The summed E-state index contributed by atoms with van der Waals surface area (Å²) in [5.74, 6) is 0.940. The average Bonchev–Trinajstić information content (AvgIpc) is 3.04. The minimum atomic E-state index is -0.136. The van der Waals surface area contributed by atoms with Crippen LogP contribution < -0.4 is 4.74 Å². The van der Waals surface area contributed by atoms with Crippen LogP contribution >= 0.6 is 0 Å². The zero-order chi connectivity index (χ0) is 15.0. The topological polar surface area (TPSA) is 55.2 Å². The first-order valence-electron chi connectivity index (χ1n) is 6.93. The summed E-state index contributed by atoms with van der Waals surface area (Å²) in [6.45, 7) is 5.78. The second kappa shape index (κ2) is 5.13. The quantitative estimate of drug-likeness (QED) is 0.734. The molecule has 4 heteroatoms. The van der Waals surface area contributed by atoms with Crippen LogP contribution in [-0.4, -0.2) is 16.9 Å². The summed E-state index contributed by atoms with van der Waals surface area (Å²) < 4.78 is 11.1. The fourth-order valence-corrected chi connectivity index (χ4v) is 2.41. The van der Waals surface area contributed by atoms with Gasteiger partial charge in [-0.2, -0.15) is 0 Å². The van der Waals surface area contributed by atoms with Gasteiger partial charge in [-0.25, -0.2) is 0 Å². The van der Waals surface area contributed by atoms with Crippen LogP contribution in [0.5, 0.6) is 5.75 Å². The van der Waals surface area contributed by atoms with E-state index in [0.29, 0.717) is 17.1 Å². The molecule has 0 saturated carbocycles. The molecule has 2 aromatic heterocycles. The van der Waals surface area contributed by atoms with Gasteiger partial charge in [-0.05, 0) is 44.5 Å². The van der Waals surface area contributed by atoms with E-state index < -0.39 is 0 Å². The molecule has 0 atom stereocenters. The van der Waals surface area contributed by atoms with Gasteiger partial charge in [0.2, 0.25) is 5.78 Å². The van der Waals surface area contributed by atoms with E-state index in [0.717, 1.165) is 16.5 Å². The standard InChI is InChI=1S/C17H17NO3/c1-10(2)21-14-6-4-5-13-15(14)12(9-18-13)16(19)17-11(3)7-8-20-17/h4-10,18H,1-3H3. The Hall–Kier alpha value is -2.49. The Balaban J connectivity index is 2.15. The number of hydrogen-bond acceptors (Lipinski definition) is 3. The second-order valence-corrected chi connectivity index (χ2v) is 5.31. The van der Waals surface area contributed by atoms with E-state index >= 15 is 0 Å². The zero-order valence-corrected chi connectivity index (χ0v) is 12.3. The van der Waals surface area contributed by atoms with Crippen LogP contribution in [0.25, 0.3) is 10.9 Å². The second-order valence-electron chi connectivity index (χ2n) is 5.31. The zero-order valence-electron chi connectivity index (χ0n) is 12.3. The third kappa shape index (κ3) is 2.33. The molecular weight excluding hydrogens is 266 g/mol. The fraction of sp³-hybridized carbons (Fsp3) is 0.235. The molecule has 108 valence electrons. The van der Waals surface area contributed by atoms with Gasteiger partial charge in [0.05, 0.1) is 23.3 Å². The van der Waals surface area contributed by atoms with Gasteiger partial charge in [0.15, 0.2) is 5.76 Å². The van der Waals surface area contributed by atoms with Crippen molar-refractivity contribution in [3.8, 4) is 5.75 Å². The van der Waals surface area contributed by atoms with Gasteiger partial charge in [-0.3, -0.25) is 4.79 Å². The molecule has 0 unspecified atom stereocenters. The molecule has 0 aliphatic carbocycles. The Labute approximate surface area is 122 Å². The molecule has 0 amide bonds. The number of aryl methyl sites for hydroxylation is 1. The molecule has 0 saturated heterocycles.